The maximum absolute atomic E-state index is 8.67. The number of hydrogen-bond donors (Lipinski definition) is 1. The van der Waals surface area contributed by atoms with E-state index >= 15 is 0 Å². The lowest BCUT2D eigenvalue weighted by atomic mass is 10.1. The molecular formula is C13H32OSi2. The second-order valence-electron chi connectivity index (χ2n) is 4.97. The fourth-order valence-corrected chi connectivity index (χ4v) is 4.97. The van der Waals surface area contributed by atoms with E-state index in [2.05, 4.69) is 6.92 Å². The smallest absolute Gasteiger partial charge is 0.0402 e. The summed E-state index contributed by atoms with van der Waals surface area (Å²) in [6, 6.07) is 5.76. The summed E-state index contributed by atoms with van der Waals surface area (Å²) in [5.41, 5.74) is 0. The van der Waals surface area contributed by atoms with Gasteiger partial charge < -0.3 is 5.11 Å². The molecule has 0 aromatic carbocycles. The highest BCUT2D eigenvalue weighted by atomic mass is 28.2. The van der Waals surface area contributed by atoms with Crippen molar-refractivity contribution in [1.29, 1.82) is 0 Å². The Labute approximate surface area is 107 Å². The predicted molar refractivity (Wildman–Crippen MR) is 81.4 cm³/mol. The first-order valence-corrected chi connectivity index (χ1v) is 11.5. The zero-order valence-corrected chi connectivity index (χ0v) is 14.2. The van der Waals surface area contributed by atoms with Crippen molar-refractivity contribution in [3.63, 3.8) is 0 Å². The first kappa shape index (κ1) is 16.4. The Hall–Kier alpha value is 0.394. The largest absolute Gasteiger partial charge is 0.397 e. The summed E-state index contributed by atoms with van der Waals surface area (Å²) in [6.07, 6.45) is 10.3. The van der Waals surface area contributed by atoms with Gasteiger partial charge in [-0.15, -0.1) is 0 Å². The van der Waals surface area contributed by atoms with Gasteiger partial charge in [-0.25, -0.2) is 0 Å². The average molecular weight is 261 g/mol. The Morgan fingerprint density at radius 2 is 1.19 bits per heavy atom. The van der Waals surface area contributed by atoms with E-state index in [1.165, 1.54) is 51.0 Å². The molecule has 0 amide bonds. The molecule has 1 nitrogen and oxygen atoms in total. The van der Waals surface area contributed by atoms with Gasteiger partial charge in [0.2, 0.25) is 0 Å². The van der Waals surface area contributed by atoms with Crippen molar-refractivity contribution in [2.24, 2.45) is 0 Å². The third kappa shape index (κ3) is 14.4. The van der Waals surface area contributed by atoms with Crippen molar-refractivity contribution in [2.75, 3.05) is 6.61 Å². The van der Waals surface area contributed by atoms with E-state index in [0.717, 1.165) is 6.04 Å². The van der Waals surface area contributed by atoms with E-state index in [1.54, 1.807) is 12.1 Å². The minimum atomic E-state index is 0.113. The van der Waals surface area contributed by atoms with E-state index in [1.807, 2.05) is 0 Å². The molecule has 0 unspecified atom stereocenters. The van der Waals surface area contributed by atoms with E-state index in [-0.39, 0.29) is 9.52 Å². The Bertz CT molecular complexity index is 107. The lowest BCUT2D eigenvalue weighted by molar-refractivity contribution is 0.318. The Kier molecular flexibility index (Phi) is 15.8. The van der Waals surface area contributed by atoms with Crippen LogP contribution in [0.3, 0.4) is 0 Å². The van der Waals surface area contributed by atoms with Crippen LogP contribution in [0.5, 0.6) is 0 Å². The topological polar surface area (TPSA) is 20.2 Å². The Morgan fingerprint density at radius 3 is 1.69 bits per heavy atom. The molecule has 3 heteroatoms. The minimum absolute atomic E-state index is 0.113. The van der Waals surface area contributed by atoms with Gasteiger partial charge in [-0.05, 0) is 6.04 Å². The molecule has 0 fully saturated rings. The molecule has 0 heterocycles. The Balaban J connectivity index is 2.83. The highest BCUT2D eigenvalue weighted by Crippen LogP contribution is 2.09. The summed E-state index contributed by atoms with van der Waals surface area (Å²) in [5.74, 6) is 0. The van der Waals surface area contributed by atoms with Crippen LogP contribution in [-0.4, -0.2) is 30.8 Å². The van der Waals surface area contributed by atoms with Crippen LogP contribution in [0.2, 0.25) is 24.2 Å². The van der Waals surface area contributed by atoms with Crippen LogP contribution in [0.25, 0.3) is 0 Å². The number of aliphatic hydroxyl groups excluding tert-OH is 1. The summed E-state index contributed by atoms with van der Waals surface area (Å²) >= 11 is 0. The quantitative estimate of drug-likeness (QED) is 0.399. The minimum Gasteiger partial charge on any atom is -0.397 e. The van der Waals surface area contributed by atoms with Gasteiger partial charge in [-0.1, -0.05) is 70.0 Å². The van der Waals surface area contributed by atoms with Crippen LogP contribution in [-0.2, 0) is 0 Å². The normalized spacial score (nSPS) is 12.4. The molecular weight excluding hydrogens is 228 g/mol. The molecule has 0 aromatic heterocycles. The zero-order valence-electron chi connectivity index (χ0n) is 11.3. The molecule has 0 aliphatic heterocycles. The summed E-state index contributed by atoms with van der Waals surface area (Å²) in [4.78, 5) is 0. The molecule has 0 aromatic rings. The first-order valence-electron chi connectivity index (χ1n) is 7.52. The maximum atomic E-state index is 8.67. The van der Waals surface area contributed by atoms with Crippen LogP contribution < -0.4 is 0 Å². The lowest BCUT2D eigenvalue weighted by Gasteiger charge is -2.01. The molecule has 0 spiro atoms. The van der Waals surface area contributed by atoms with Gasteiger partial charge in [0, 0.05) is 25.6 Å². The standard InChI is InChI=1S/C13H32OSi2/c1-2-10-15-11-7-5-3-4-6-8-12-16-13-9-14/h14H,2-13,15-16H2,1H3. The average Bonchev–Trinajstić information content (AvgIpc) is 2.31. The number of rotatable bonds is 13. The van der Waals surface area contributed by atoms with Crippen LogP contribution in [0.15, 0.2) is 0 Å². The summed E-state index contributed by atoms with van der Waals surface area (Å²) < 4.78 is 0. The second kappa shape index (κ2) is 15.4. The molecule has 0 saturated heterocycles. The van der Waals surface area contributed by atoms with E-state index in [0.29, 0.717) is 16.1 Å². The second-order valence-corrected chi connectivity index (χ2v) is 9.21. The zero-order chi connectivity index (χ0) is 11.9. The molecule has 16 heavy (non-hydrogen) atoms. The van der Waals surface area contributed by atoms with Gasteiger partial charge in [0.05, 0.1) is 0 Å². The van der Waals surface area contributed by atoms with Crippen LogP contribution >= 0.6 is 0 Å². The highest BCUT2D eigenvalue weighted by molar-refractivity contribution is 6.35. The van der Waals surface area contributed by atoms with Crippen molar-refractivity contribution in [3.8, 4) is 0 Å². The summed E-state index contributed by atoms with van der Waals surface area (Å²) in [5, 5.41) is 8.67. The number of aliphatic hydroxyl groups is 1. The molecule has 1 N–H and O–H groups in total. The molecule has 0 radical (unpaired) electrons. The summed E-state index contributed by atoms with van der Waals surface area (Å²) in [6.45, 7) is 2.75. The van der Waals surface area contributed by atoms with Crippen molar-refractivity contribution in [3.05, 3.63) is 0 Å². The van der Waals surface area contributed by atoms with E-state index in [9.17, 15) is 0 Å². The van der Waals surface area contributed by atoms with Crippen LogP contribution in [0.4, 0.5) is 0 Å². The molecule has 98 valence electrons. The fourth-order valence-electron chi connectivity index (χ4n) is 2.13. The molecule has 0 atom stereocenters. The van der Waals surface area contributed by atoms with Crippen LogP contribution in [0.1, 0.15) is 51.9 Å². The monoisotopic (exact) mass is 260 g/mol. The molecule has 0 aliphatic rings. The number of hydrogen-bond acceptors (Lipinski definition) is 1. The third-order valence-electron chi connectivity index (χ3n) is 3.26. The van der Waals surface area contributed by atoms with Gasteiger partial charge in [-0.3, -0.25) is 0 Å². The van der Waals surface area contributed by atoms with Gasteiger partial charge in [0.15, 0.2) is 0 Å². The van der Waals surface area contributed by atoms with Crippen LogP contribution in [0, 0.1) is 0 Å². The van der Waals surface area contributed by atoms with Gasteiger partial charge >= 0.3 is 0 Å². The SMILES string of the molecule is CCC[SiH2]CCCCCCCC[SiH2]CCO. The van der Waals surface area contributed by atoms with Crippen molar-refractivity contribution < 1.29 is 5.11 Å². The third-order valence-corrected chi connectivity index (χ3v) is 7.29. The van der Waals surface area contributed by atoms with Gasteiger partial charge in [0.1, 0.15) is 0 Å². The van der Waals surface area contributed by atoms with Gasteiger partial charge in [0.25, 0.3) is 0 Å². The maximum Gasteiger partial charge on any atom is 0.0402 e. The van der Waals surface area contributed by atoms with E-state index < -0.39 is 0 Å². The number of unbranched alkanes of at least 4 members (excludes halogenated alkanes) is 5. The predicted octanol–water partition coefficient (Wildman–Crippen LogP) is 2.74. The molecule has 0 saturated carbocycles. The Morgan fingerprint density at radius 1 is 0.688 bits per heavy atom. The van der Waals surface area contributed by atoms with Crippen molar-refractivity contribution >= 4 is 19.0 Å². The highest BCUT2D eigenvalue weighted by Gasteiger charge is 1.93. The first-order chi connectivity index (χ1) is 7.91. The lowest BCUT2D eigenvalue weighted by Crippen LogP contribution is -1.92. The van der Waals surface area contributed by atoms with Gasteiger partial charge in [-0.2, -0.15) is 0 Å². The van der Waals surface area contributed by atoms with E-state index in [4.69, 9.17) is 5.11 Å². The molecule has 0 aliphatic carbocycles. The fraction of sp³-hybridized carbons (Fsp3) is 1.00. The molecule has 0 bridgehead atoms. The molecule has 0 rings (SSSR count). The summed E-state index contributed by atoms with van der Waals surface area (Å²) in [7, 11) is 0.453. The van der Waals surface area contributed by atoms with Crippen molar-refractivity contribution in [2.45, 2.75) is 76.0 Å². The van der Waals surface area contributed by atoms with Crippen molar-refractivity contribution in [1.82, 2.24) is 0 Å².